The van der Waals surface area contributed by atoms with E-state index < -0.39 is 0 Å². The van der Waals surface area contributed by atoms with Gasteiger partial charge in [-0.05, 0) is 36.4 Å². The molecule has 7 heteroatoms. The Balaban J connectivity index is 1.38. The number of ether oxygens (including phenoxy) is 1. The summed E-state index contributed by atoms with van der Waals surface area (Å²) in [6.45, 7) is -0.0643. The molecule has 0 saturated carbocycles. The number of hydrogen-bond donors (Lipinski definition) is 2. The van der Waals surface area contributed by atoms with E-state index in [1.54, 1.807) is 42.5 Å². The number of anilines is 3. The van der Waals surface area contributed by atoms with Crippen molar-refractivity contribution in [2.24, 2.45) is 0 Å². The minimum atomic E-state index is -0.313. The Morgan fingerprint density at radius 3 is 2.45 bits per heavy atom. The predicted octanol–water partition coefficient (Wildman–Crippen LogP) is 4.18. The molecular formula is C24H21N3O4. The van der Waals surface area contributed by atoms with Gasteiger partial charge in [0.15, 0.2) is 5.75 Å². The lowest BCUT2D eigenvalue weighted by molar-refractivity contribution is -0.124. The molecule has 156 valence electrons. The molecule has 0 unspecified atom stereocenters. The highest BCUT2D eigenvalue weighted by Gasteiger charge is 2.26. The van der Waals surface area contributed by atoms with E-state index in [2.05, 4.69) is 10.6 Å². The van der Waals surface area contributed by atoms with Crippen molar-refractivity contribution >= 4 is 34.8 Å². The van der Waals surface area contributed by atoms with E-state index in [1.807, 2.05) is 36.4 Å². The van der Waals surface area contributed by atoms with E-state index in [-0.39, 0.29) is 37.1 Å². The summed E-state index contributed by atoms with van der Waals surface area (Å²) in [5, 5.41) is 5.55. The zero-order valence-corrected chi connectivity index (χ0v) is 16.7. The molecule has 0 bridgehead atoms. The predicted molar refractivity (Wildman–Crippen MR) is 118 cm³/mol. The number of amides is 3. The molecule has 0 radical (unpaired) electrons. The van der Waals surface area contributed by atoms with Gasteiger partial charge in [0, 0.05) is 12.8 Å². The lowest BCUT2D eigenvalue weighted by Gasteiger charge is -2.29. The Morgan fingerprint density at radius 1 is 0.903 bits per heavy atom. The van der Waals surface area contributed by atoms with Crippen LogP contribution in [0.5, 0.6) is 11.5 Å². The van der Waals surface area contributed by atoms with Crippen molar-refractivity contribution in [3.63, 3.8) is 0 Å². The van der Waals surface area contributed by atoms with Gasteiger partial charge in [-0.3, -0.25) is 14.4 Å². The van der Waals surface area contributed by atoms with Crippen LogP contribution < -0.4 is 20.3 Å². The third-order valence-electron chi connectivity index (χ3n) is 4.77. The van der Waals surface area contributed by atoms with Crippen LogP contribution in [-0.2, 0) is 14.4 Å². The second-order valence-electron chi connectivity index (χ2n) is 7.00. The summed E-state index contributed by atoms with van der Waals surface area (Å²) in [6.07, 6.45) is -0.0338. The minimum Gasteiger partial charge on any atom is -0.455 e. The van der Waals surface area contributed by atoms with E-state index >= 15 is 0 Å². The quantitative estimate of drug-likeness (QED) is 0.632. The fourth-order valence-corrected chi connectivity index (χ4v) is 3.30. The van der Waals surface area contributed by atoms with E-state index in [0.717, 1.165) is 0 Å². The Morgan fingerprint density at radius 2 is 1.61 bits per heavy atom. The highest BCUT2D eigenvalue weighted by atomic mass is 16.5. The Kier molecular flexibility index (Phi) is 5.93. The Labute approximate surface area is 179 Å². The molecule has 0 spiro atoms. The second-order valence-corrected chi connectivity index (χ2v) is 7.00. The van der Waals surface area contributed by atoms with Crippen LogP contribution in [-0.4, -0.2) is 24.3 Å². The summed E-state index contributed by atoms with van der Waals surface area (Å²) in [6, 6.07) is 23.5. The molecule has 2 N–H and O–H groups in total. The van der Waals surface area contributed by atoms with Gasteiger partial charge in [-0.15, -0.1) is 0 Å². The Bertz CT molecular complexity index is 1110. The van der Waals surface area contributed by atoms with Gasteiger partial charge in [0.1, 0.15) is 12.3 Å². The first kappa shape index (κ1) is 20.2. The summed E-state index contributed by atoms with van der Waals surface area (Å²) in [4.78, 5) is 38.5. The summed E-state index contributed by atoms with van der Waals surface area (Å²) in [7, 11) is 0. The maximum atomic E-state index is 12.7. The van der Waals surface area contributed by atoms with Crippen molar-refractivity contribution in [3.8, 4) is 11.5 Å². The molecule has 0 fully saturated rings. The lowest BCUT2D eigenvalue weighted by Crippen LogP contribution is -2.42. The molecule has 3 aromatic rings. The summed E-state index contributed by atoms with van der Waals surface area (Å²) in [5.74, 6) is 0.304. The van der Waals surface area contributed by atoms with Gasteiger partial charge in [-0.1, -0.05) is 42.5 Å². The third-order valence-corrected chi connectivity index (χ3v) is 4.77. The number of nitrogens with one attached hydrogen (secondary N) is 2. The van der Waals surface area contributed by atoms with Crippen LogP contribution in [0.25, 0.3) is 0 Å². The number of carbonyl (C=O) groups is 3. The summed E-state index contributed by atoms with van der Waals surface area (Å²) >= 11 is 0. The minimum absolute atomic E-state index is 0.0151. The largest absolute Gasteiger partial charge is 0.455 e. The van der Waals surface area contributed by atoms with Crippen LogP contribution >= 0.6 is 0 Å². The molecule has 0 atom stereocenters. The van der Waals surface area contributed by atoms with Crippen LogP contribution in [0.15, 0.2) is 78.9 Å². The first-order chi connectivity index (χ1) is 15.1. The van der Waals surface area contributed by atoms with E-state index in [1.165, 1.54) is 4.90 Å². The normalized spacial score (nSPS) is 12.5. The Hall–Kier alpha value is -4.13. The van der Waals surface area contributed by atoms with Crippen LogP contribution in [0.4, 0.5) is 17.1 Å². The number of nitrogens with zero attached hydrogens (tertiary/aromatic N) is 1. The smallest absolute Gasteiger partial charge is 0.244 e. The van der Waals surface area contributed by atoms with Crippen molar-refractivity contribution in [2.45, 2.75) is 12.8 Å². The lowest BCUT2D eigenvalue weighted by atomic mass is 10.1. The monoisotopic (exact) mass is 415 g/mol. The van der Waals surface area contributed by atoms with Gasteiger partial charge >= 0.3 is 0 Å². The summed E-state index contributed by atoms with van der Waals surface area (Å²) in [5.41, 5.74) is 1.74. The first-order valence-corrected chi connectivity index (χ1v) is 9.91. The number of benzene rings is 3. The van der Waals surface area contributed by atoms with Gasteiger partial charge in [0.25, 0.3) is 0 Å². The third kappa shape index (κ3) is 4.90. The SMILES string of the molecule is O=C(CCC(=O)N1CC(=O)Nc2ccccc21)Nc1ccccc1Oc1ccccc1. The van der Waals surface area contributed by atoms with Crippen molar-refractivity contribution in [1.82, 2.24) is 0 Å². The van der Waals surface area contributed by atoms with Gasteiger partial charge in [0.05, 0.1) is 17.1 Å². The van der Waals surface area contributed by atoms with Crippen molar-refractivity contribution < 1.29 is 19.1 Å². The van der Waals surface area contributed by atoms with Crippen molar-refractivity contribution in [2.75, 3.05) is 22.1 Å². The number of rotatable bonds is 6. The fraction of sp³-hybridized carbons (Fsp3) is 0.125. The molecule has 3 aromatic carbocycles. The van der Waals surface area contributed by atoms with Crippen LogP contribution in [0.1, 0.15) is 12.8 Å². The molecule has 0 aliphatic carbocycles. The molecule has 1 heterocycles. The highest BCUT2D eigenvalue weighted by Crippen LogP contribution is 2.30. The van der Waals surface area contributed by atoms with Crippen molar-refractivity contribution in [3.05, 3.63) is 78.9 Å². The van der Waals surface area contributed by atoms with E-state index in [4.69, 9.17) is 4.74 Å². The van der Waals surface area contributed by atoms with Gasteiger partial charge in [-0.2, -0.15) is 0 Å². The van der Waals surface area contributed by atoms with Gasteiger partial charge in [-0.25, -0.2) is 0 Å². The zero-order valence-electron chi connectivity index (χ0n) is 16.7. The number of para-hydroxylation sites is 5. The average molecular weight is 415 g/mol. The molecule has 3 amide bonds. The second kappa shape index (κ2) is 9.13. The molecule has 31 heavy (non-hydrogen) atoms. The molecule has 1 aliphatic heterocycles. The molecule has 0 saturated heterocycles. The fourth-order valence-electron chi connectivity index (χ4n) is 3.30. The molecule has 7 nitrogen and oxygen atoms in total. The van der Waals surface area contributed by atoms with Crippen molar-refractivity contribution in [1.29, 1.82) is 0 Å². The molecule has 0 aromatic heterocycles. The van der Waals surface area contributed by atoms with Gasteiger partial charge < -0.3 is 20.3 Å². The summed E-state index contributed by atoms with van der Waals surface area (Å²) < 4.78 is 5.85. The van der Waals surface area contributed by atoms with Gasteiger partial charge in [0.2, 0.25) is 17.7 Å². The molecular weight excluding hydrogens is 394 g/mol. The highest BCUT2D eigenvalue weighted by molar-refractivity contribution is 6.10. The number of fused-ring (bicyclic) bond motifs is 1. The maximum Gasteiger partial charge on any atom is 0.244 e. The molecule has 4 rings (SSSR count). The topological polar surface area (TPSA) is 87.7 Å². The van der Waals surface area contributed by atoms with E-state index in [0.29, 0.717) is 28.6 Å². The zero-order chi connectivity index (χ0) is 21.6. The average Bonchev–Trinajstić information content (AvgIpc) is 2.79. The van der Waals surface area contributed by atoms with Crippen LogP contribution in [0.3, 0.4) is 0 Å². The number of carbonyl (C=O) groups excluding carboxylic acids is 3. The van der Waals surface area contributed by atoms with Crippen LogP contribution in [0, 0.1) is 0 Å². The standard InChI is InChI=1S/C24H21N3O4/c28-22(26-19-11-5-7-13-21(19)31-17-8-2-1-3-9-17)14-15-24(30)27-16-23(29)25-18-10-4-6-12-20(18)27/h1-13H,14-16H2,(H,25,29)(H,26,28). The van der Waals surface area contributed by atoms with Crippen LogP contribution in [0.2, 0.25) is 0 Å². The van der Waals surface area contributed by atoms with E-state index in [9.17, 15) is 14.4 Å². The maximum absolute atomic E-state index is 12.7. The molecule has 1 aliphatic rings. The first-order valence-electron chi connectivity index (χ1n) is 9.91. The number of hydrogen-bond acceptors (Lipinski definition) is 4.